The van der Waals surface area contributed by atoms with Gasteiger partial charge in [0.25, 0.3) is 0 Å². The van der Waals surface area contributed by atoms with Crippen LogP contribution in [0.15, 0.2) is 30.3 Å². The predicted octanol–water partition coefficient (Wildman–Crippen LogP) is 7.08. The zero-order chi connectivity index (χ0) is 26.2. The first-order valence-corrected chi connectivity index (χ1v) is 15.6. The summed E-state index contributed by atoms with van der Waals surface area (Å²) in [5.74, 6) is 2.65. The van der Waals surface area contributed by atoms with Crippen molar-refractivity contribution in [3.05, 3.63) is 40.9 Å². The molecule has 6 nitrogen and oxygen atoms in total. The molecule has 1 aromatic carbocycles. The van der Waals surface area contributed by atoms with Crippen LogP contribution in [0.1, 0.15) is 89.0 Å². The van der Waals surface area contributed by atoms with E-state index in [9.17, 15) is 0 Å². The summed E-state index contributed by atoms with van der Waals surface area (Å²) in [6.07, 6.45) is 16.2. The van der Waals surface area contributed by atoms with Gasteiger partial charge >= 0.3 is 0 Å². The summed E-state index contributed by atoms with van der Waals surface area (Å²) in [5, 5.41) is 8.31. The molecule has 1 aliphatic carbocycles. The van der Waals surface area contributed by atoms with Crippen LogP contribution in [0.5, 0.6) is 0 Å². The molecule has 3 heterocycles. The molecule has 3 fully saturated rings. The molecular formula is C30H43ClN6S. The minimum atomic E-state index is 0.0700. The monoisotopic (exact) mass is 554 g/mol. The summed E-state index contributed by atoms with van der Waals surface area (Å²) in [4.78, 5) is 14.8. The maximum absolute atomic E-state index is 6.20. The van der Waals surface area contributed by atoms with E-state index in [-0.39, 0.29) is 5.41 Å². The topological polar surface area (TPSA) is 56.3 Å². The van der Waals surface area contributed by atoms with Crippen LogP contribution in [0.4, 0.5) is 17.6 Å². The van der Waals surface area contributed by atoms with Gasteiger partial charge in [0.2, 0.25) is 5.95 Å². The van der Waals surface area contributed by atoms with Gasteiger partial charge in [0.15, 0.2) is 5.11 Å². The molecule has 8 heteroatoms. The second-order valence-corrected chi connectivity index (χ2v) is 12.2. The predicted molar refractivity (Wildman–Crippen MR) is 164 cm³/mol. The van der Waals surface area contributed by atoms with Crippen molar-refractivity contribution >= 4 is 46.5 Å². The van der Waals surface area contributed by atoms with Crippen LogP contribution >= 0.6 is 23.8 Å². The number of benzene rings is 1. The first-order chi connectivity index (χ1) is 18.6. The van der Waals surface area contributed by atoms with Gasteiger partial charge in [0.1, 0.15) is 11.6 Å². The molecule has 38 heavy (non-hydrogen) atoms. The summed E-state index contributed by atoms with van der Waals surface area (Å²) >= 11 is 12.0. The number of halogens is 1. The SMILES string of the molecule is S=C(NCC1(c2ccc(Cl)cc2)CCCCC1)Nc1nc(N2CCCCCC2)cc(N2CCCCCC2)n1. The Kier molecular flexibility index (Phi) is 9.60. The Morgan fingerprint density at radius 3 is 1.79 bits per heavy atom. The first-order valence-electron chi connectivity index (χ1n) is 14.8. The maximum atomic E-state index is 6.20. The van der Waals surface area contributed by atoms with Crippen molar-refractivity contribution in [3.8, 4) is 0 Å². The molecular weight excluding hydrogens is 512 g/mol. The molecule has 0 radical (unpaired) electrons. The van der Waals surface area contributed by atoms with Crippen LogP contribution < -0.4 is 20.4 Å². The van der Waals surface area contributed by atoms with E-state index in [1.807, 2.05) is 12.1 Å². The number of nitrogens with one attached hydrogen (secondary N) is 2. The Morgan fingerprint density at radius 2 is 1.26 bits per heavy atom. The van der Waals surface area contributed by atoms with E-state index in [4.69, 9.17) is 33.8 Å². The molecule has 2 aromatic rings. The average Bonchev–Trinajstić information content (AvgIpc) is 3.39. The van der Waals surface area contributed by atoms with Gasteiger partial charge in [-0.3, -0.25) is 0 Å². The summed E-state index contributed by atoms with van der Waals surface area (Å²) in [6.45, 7) is 5.03. The van der Waals surface area contributed by atoms with Gasteiger partial charge < -0.3 is 20.4 Å². The van der Waals surface area contributed by atoms with E-state index < -0.39 is 0 Å². The van der Waals surface area contributed by atoms with Crippen LogP contribution in [0.25, 0.3) is 0 Å². The van der Waals surface area contributed by atoms with Gasteiger partial charge in [-0.1, -0.05) is 68.7 Å². The molecule has 0 bridgehead atoms. The molecule has 1 saturated carbocycles. The van der Waals surface area contributed by atoms with E-state index in [0.29, 0.717) is 11.1 Å². The number of rotatable bonds is 6. The summed E-state index contributed by atoms with van der Waals surface area (Å²) in [7, 11) is 0. The molecule has 206 valence electrons. The van der Waals surface area contributed by atoms with E-state index >= 15 is 0 Å². The number of nitrogens with zero attached hydrogens (tertiary/aromatic N) is 4. The third kappa shape index (κ3) is 7.09. The van der Waals surface area contributed by atoms with Crippen molar-refractivity contribution in [2.45, 2.75) is 88.9 Å². The Morgan fingerprint density at radius 1 is 0.763 bits per heavy atom. The smallest absolute Gasteiger partial charge is 0.232 e. The maximum Gasteiger partial charge on any atom is 0.232 e. The summed E-state index contributed by atoms with van der Waals surface area (Å²) in [5.41, 5.74) is 1.42. The summed E-state index contributed by atoms with van der Waals surface area (Å²) in [6, 6.07) is 10.6. The third-order valence-corrected chi connectivity index (χ3v) is 9.14. The molecule has 1 aromatic heterocycles. The van der Waals surface area contributed by atoms with Gasteiger partial charge in [0, 0.05) is 49.2 Å². The largest absolute Gasteiger partial charge is 0.361 e. The second-order valence-electron chi connectivity index (χ2n) is 11.4. The molecule has 0 amide bonds. The van der Waals surface area contributed by atoms with Crippen LogP contribution in [0.3, 0.4) is 0 Å². The highest BCUT2D eigenvalue weighted by atomic mass is 35.5. The van der Waals surface area contributed by atoms with Crippen LogP contribution in [0, 0.1) is 0 Å². The molecule has 0 spiro atoms. The fourth-order valence-electron chi connectivity index (χ4n) is 6.40. The van der Waals surface area contributed by atoms with Crippen molar-refractivity contribution < 1.29 is 0 Å². The fourth-order valence-corrected chi connectivity index (χ4v) is 6.69. The molecule has 5 rings (SSSR count). The van der Waals surface area contributed by atoms with E-state index in [1.165, 1.54) is 76.2 Å². The fraction of sp³-hybridized carbons (Fsp3) is 0.633. The van der Waals surface area contributed by atoms with Crippen LogP contribution in [0.2, 0.25) is 5.02 Å². The van der Waals surface area contributed by atoms with Crippen LogP contribution in [-0.2, 0) is 5.41 Å². The minimum Gasteiger partial charge on any atom is -0.361 e. The van der Waals surface area contributed by atoms with Gasteiger partial charge in [-0.25, -0.2) is 0 Å². The van der Waals surface area contributed by atoms with Gasteiger partial charge in [0.05, 0.1) is 0 Å². The average molecular weight is 555 g/mol. The van der Waals surface area contributed by atoms with Crippen molar-refractivity contribution in [2.24, 2.45) is 0 Å². The van der Waals surface area contributed by atoms with Gasteiger partial charge in [-0.05, 0) is 68.4 Å². The number of hydrogen-bond donors (Lipinski definition) is 2. The second kappa shape index (κ2) is 13.3. The lowest BCUT2D eigenvalue weighted by atomic mass is 9.69. The molecule has 2 aliphatic heterocycles. The normalized spacial score (nSPS) is 20.3. The van der Waals surface area contributed by atoms with E-state index in [0.717, 1.165) is 62.2 Å². The van der Waals surface area contributed by atoms with Crippen molar-refractivity contribution in [2.75, 3.05) is 47.8 Å². The number of aromatic nitrogens is 2. The Hall–Kier alpha value is -2.12. The minimum absolute atomic E-state index is 0.0700. The Labute approximate surface area is 238 Å². The van der Waals surface area contributed by atoms with Crippen molar-refractivity contribution in [1.29, 1.82) is 0 Å². The Bertz CT molecular complexity index is 1000. The third-order valence-electron chi connectivity index (χ3n) is 8.64. The van der Waals surface area contributed by atoms with Gasteiger partial charge in [-0.15, -0.1) is 0 Å². The lowest BCUT2D eigenvalue weighted by Crippen LogP contribution is -2.43. The molecule has 3 aliphatic rings. The van der Waals surface area contributed by atoms with Crippen molar-refractivity contribution in [1.82, 2.24) is 15.3 Å². The highest BCUT2D eigenvalue weighted by Gasteiger charge is 2.34. The zero-order valence-electron chi connectivity index (χ0n) is 22.7. The molecule has 2 saturated heterocycles. The zero-order valence-corrected chi connectivity index (χ0v) is 24.3. The molecule has 2 N–H and O–H groups in total. The quantitative estimate of drug-likeness (QED) is 0.370. The highest BCUT2D eigenvalue weighted by molar-refractivity contribution is 7.80. The van der Waals surface area contributed by atoms with Gasteiger partial charge in [-0.2, -0.15) is 9.97 Å². The first kappa shape index (κ1) is 27.4. The summed E-state index contributed by atoms with van der Waals surface area (Å²) < 4.78 is 0. The number of thiocarbonyl (C=S) groups is 1. The molecule has 0 atom stereocenters. The Balaban J connectivity index is 1.32. The highest BCUT2D eigenvalue weighted by Crippen LogP contribution is 2.39. The number of hydrogen-bond acceptors (Lipinski definition) is 5. The van der Waals surface area contributed by atoms with Crippen molar-refractivity contribution in [3.63, 3.8) is 0 Å². The van der Waals surface area contributed by atoms with E-state index in [2.05, 4.69) is 38.6 Å². The number of anilines is 3. The lowest BCUT2D eigenvalue weighted by Gasteiger charge is -2.38. The lowest BCUT2D eigenvalue weighted by molar-refractivity contribution is 0.292. The molecule has 0 unspecified atom stereocenters. The van der Waals surface area contributed by atoms with E-state index in [1.54, 1.807) is 0 Å². The standard InChI is InChI=1S/C30H43ClN6S/c31-25-14-12-24(13-15-25)30(16-6-5-7-17-30)23-32-29(38)35-28-33-26(36-18-8-1-2-9-19-36)22-27(34-28)37-20-10-3-4-11-21-37/h12-15,22H,1-11,16-21,23H2,(H2,32,33,34,35,38). The van der Waals surface area contributed by atoms with Crippen LogP contribution in [-0.4, -0.2) is 47.8 Å².